The Balaban J connectivity index is 2.37. The molecule has 0 saturated carbocycles. The summed E-state index contributed by atoms with van der Waals surface area (Å²) in [4.78, 5) is 12.3. The highest BCUT2D eigenvalue weighted by molar-refractivity contribution is 8.15. The largest absolute Gasteiger partial charge is 0.482 e. The second kappa shape index (κ2) is 3.53. The summed E-state index contributed by atoms with van der Waals surface area (Å²) in [6.45, 7) is 0.124. The fourth-order valence-corrected chi connectivity index (χ4v) is 2.11. The number of rotatable bonds is 1. The van der Waals surface area contributed by atoms with Gasteiger partial charge in [0.05, 0.1) is 5.69 Å². The van der Waals surface area contributed by atoms with Crippen LogP contribution in [0.4, 0.5) is 5.69 Å². The van der Waals surface area contributed by atoms with Gasteiger partial charge in [-0.2, -0.15) is 0 Å². The normalized spacial score (nSPS) is 15.3. The molecule has 1 aromatic rings. The van der Waals surface area contributed by atoms with E-state index < -0.39 is 0 Å². The van der Waals surface area contributed by atoms with Gasteiger partial charge in [-0.3, -0.25) is 4.79 Å². The van der Waals surface area contributed by atoms with Gasteiger partial charge in [0.1, 0.15) is 5.75 Å². The van der Waals surface area contributed by atoms with E-state index in [4.69, 9.17) is 4.74 Å². The van der Waals surface area contributed by atoms with Gasteiger partial charge in [-0.05, 0) is 35.6 Å². The summed E-state index contributed by atoms with van der Waals surface area (Å²) >= 11 is 0. The Morgan fingerprint density at radius 3 is 2.93 bits per heavy atom. The van der Waals surface area contributed by atoms with Crippen molar-refractivity contribution in [1.29, 1.82) is 0 Å². The van der Waals surface area contributed by atoms with E-state index in [-0.39, 0.29) is 23.4 Å². The predicted molar refractivity (Wildman–Crippen MR) is 59.7 cm³/mol. The summed E-state index contributed by atoms with van der Waals surface area (Å²) in [5.74, 6) is 0.691. The van der Waals surface area contributed by atoms with Crippen LogP contribution >= 0.6 is 10.9 Å². The molecule has 0 aliphatic carbocycles. The molecule has 0 radical (unpaired) electrons. The van der Waals surface area contributed by atoms with Crippen molar-refractivity contribution in [3.8, 4) is 5.75 Å². The Morgan fingerprint density at radius 1 is 1.43 bits per heavy atom. The SMILES string of the molecule is C[SH](C)c1ccc2c(c1)NC(=O)CO2. The van der Waals surface area contributed by atoms with E-state index in [1.54, 1.807) is 0 Å². The fourth-order valence-electron chi connectivity index (χ4n) is 1.35. The minimum Gasteiger partial charge on any atom is -0.482 e. The zero-order valence-electron chi connectivity index (χ0n) is 8.20. The summed E-state index contributed by atoms with van der Waals surface area (Å²) in [5, 5.41) is 2.80. The third-order valence-corrected chi connectivity index (χ3v) is 3.42. The molecule has 0 atom stereocenters. The van der Waals surface area contributed by atoms with Crippen molar-refractivity contribution >= 4 is 22.5 Å². The molecule has 0 bridgehead atoms. The Morgan fingerprint density at radius 2 is 2.21 bits per heavy atom. The van der Waals surface area contributed by atoms with Crippen molar-refractivity contribution in [1.82, 2.24) is 0 Å². The van der Waals surface area contributed by atoms with E-state index in [1.807, 2.05) is 12.1 Å². The van der Waals surface area contributed by atoms with Crippen molar-refractivity contribution in [2.24, 2.45) is 0 Å². The lowest BCUT2D eigenvalue weighted by atomic mass is 10.2. The van der Waals surface area contributed by atoms with E-state index in [2.05, 4.69) is 23.9 Å². The minimum absolute atomic E-state index is 0.0776. The van der Waals surface area contributed by atoms with Gasteiger partial charge in [-0.1, -0.05) is 0 Å². The van der Waals surface area contributed by atoms with Gasteiger partial charge in [-0.15, -0.1) is 0 Å². The molecule has 1 N–H and O–H groups in total. The third-order valence-electron chi connectivity index (χ3n) is 2.11. The lowest BCUT2D eigenvalue weighted by Gasteiger charge is -2.20. The van der Waals surface area contributed by atoms with E-state index in [1.165, 1.54) is 4.90 Å². The first kappa shape index (κ1) is 9.40. The molecule has 0 spiro atoms. The molecule has 0 saturated heterocycles. The lowest BCUT2D eigenvalue weighted by Crippen LogP contribution is -2.25. The maximum atomic E-state index is 11.1. The summed E-state index contributed by atoms with van der Waals surface area (Å²) in [6.07, 6.45) is 4.37. The Labute approximate surface area is 85.8 Å². The van der Waals surface area contributed by atoms with Crippen molar-refractivity contribution in [2.75, 3.05) is 24.4 Å². The molecule has 1 heterocycles. The first-order chi connectivity index (χ1) is 6.66. The van der Waals surface area contributed by atoms with Crippen molar-refractivity contribution < 1.29 is 9.53 Å². The highest BCUT2D eigenvalue weighted by Crippen LogP contribution is 2.36. The summed E-state index contributed by atoms with van der Waals surface area (Å²) in [7, 11) is -0.132. The molecule has 0 fully saturated rings. The molecular weight excluding hydrogens is 198 g/mol. The van der Waals surface area contributed by atoms with E-state index in [0.29, 0.717) is 0 Å². The zero-order chi connectivity index (χ0) is 10.1. The van der Waals surface area contributed by atoms with Crippen LogP contribution in [0.25, 0.3) is 0 Å². The van der Waals surface area contributed by atoms with Gasteiger partial charge in [0, 0.05) is 0 Å². The van der Waals surface area contributed by atoms with Gasteiger partial charge in [0.2, 0.25) is 0 Å². The molecule has 76 valence electrons. The van der Waals surface area contributed by atoms with Gasteiger partial charge in [-0.25, -0.2) is 10.9 Å². The van der Waals surface area contributed by atoms with Crippen LogP contribution < -0.4 is 10.1 Å². The van der Waals surface area contributed by atoms with Crippen LogP contribution in [0.5, 0.6) is 5.75 Å². The van der Waals surface area contributed by atoms with E-state index in [9.17, 15) is 4.79 Å². The first-order valence-electron chi connectivity index (χ1n) is 4.41. The third kappa shape index (κ3) is 1.70. The second-order valence-electron chi connectivity index (χ2n) is 3.41. The average molecular weight is 211 g/mol. The highest BCUT2D eigenvalue weighted by atomic mass is 32.2. The topological polar surface area (TPSA) is 38.3 Å². The van der Waals surface area contributed by atoms with E-state index >= 15 is 0 Å². The molecule has 2 rings (SSSR count). The molecular formula is C10H13NO2S. The zero-order valence-corrected chi connectivity index (χ0v) is 9.10. The number of anilines is 1. The van der Waals surface area contributed by atoms with Crippen LogP contribution in [-0.2, 0) is 4.79 Å². The highest BCUT2D eigenvalue weighted by Gasteiger charge is 2.15. The lowest BCUT2D eigenvalue weighted by molar-refractivity contribution is -0.118. The summed E-state index contributed by atoms with van der Waals surface area (Å²) in [5.41, 5.74) is 0.801. The van der Waals surface area contributed by atoms with Gasteiger partial charge >= 0.3 is 0 Å². The number of carbonyl (C=O) groups is 1. The van der Waals surface area contributed by atoms with Crippen LogP contribution in [0.15, 0.2) is 23.1 Å². The molecule has 14 heavy (non-hydrogen) atoms. The molecule has 0 aromatic heterocycles. The summed E-state index contributed by atoms with van der Waals surface area (Å²) in [6, 6.07) is 5.98. The van der Waals surface area contributed by atoms with Gasteiger partial charge in [0.25, 0.3) is 5.91 Å². The van der Waals surface area contributed by atoms with Crippen molar-refractivity contribution in [3.63, 3.8) is 0 Å². The molecule has 1 aliphatic rings. The monoisotopic (exact) mass is 211 g/mol. The summed E-state index contributed by atoms with van der Waals surface area (Å²) < 4.78 is 5.27. The number of carbonyl (C=O) groups excluding carboxylic acids is 1. The molecule has 3 nitrogen and oxygen atoms in total. The number of thiol groups is 1. The van der Waals surface area contributed by atoms with Gasteiger partial charge in [0.15, 0.2) is 6.61 Å². The Kier molecular flexibility index (Phi) is 2.37. The number of nitrogens with one attached hydrogen (secondary N) is 1. The maximum Gasteiger partial charge on any atom is 0.262 e. The standard InChI is InChI=1S/C10H13NO2S/c1-14(2)7-3-4-9-8(5-7)11-10(12)6-13-9/h3-5,14H,6H2,1-2H3,(H,11,12). The second-order valence-corrected chi connectivity index (χ2v) is 5.72. The molecule has 0 unspecified atom stereocenters. The quantitative estimate of drug-likeness (QED) is 0.693. The first-order valence-corrected chi connectivity index (χ1v) is 6.64. The van der Waals surface area contributed by atoms with Crippen LogP contribution in [0.3, 0.4) is 0 Å². The number of hydrogen-bond acceptors (Lipinski definition) is 2. The van der Waals surface area contributed by atoms with Crippen molar-refractivity contribution in [3.05, 3.63) is 18.2 Å². The molecule has 1 amide bonds. The smallest absolute Gasteiger partial charge is 0.262 e. The molecule has 1 aromatic carbocycles. The Hall–Kier alpha value is -1.16. The van der Waals surface area contributed by atoms with Crippen LogP contribution in [0.2, 0.25) is 0 Å². The van der Waals surface area contributed by atoms with Crippen LogP contribution in [-0.4, -0.2) is 25.0 Å². The van der Waals surface area contributed by atoms with Crippen LogP contribution in [0, 0.1) is 0 Å². The molecule has 4 heteroatoms. The number of benzene rings is 1. The number of hydrogen-bond donors (Lipinski definition) is 2. The fraction of sp³-hybridized carbons (Fsp3) is 0.300. The predicted octanol–water partition coefficient (Wildman–Crippen LogP) is 1.64. The number of ether oxygens (including phenoxy) is 1. The van der Waals surface area contributed by atoms with Crippen LogP contribution in [0.1, 0.15) is 0 Å². The van der Waals surface area contributed by atoms with Gasteiger partial charge < -0.3 is 10.1 Å². The van der Waals surface area contributed by atoms with Crippen molar-refractivity contribution in [2.45, 2.75) is 4.90 Å². The maximum absolute atomic E-state index is 11.1. The average Bonchev–Trinajstić information content (AvgIpc) is 2.16. The van der Waals surface area contributed by atoms with E-state index in [0.717, 1.165) is 11.4 Å². The minimum atomic E-state index is -0.132. The number of fused-ring (bicyclic) bond motifs is 1. The number of amides is 1. The molecule has 1 aliphatic heterocycles. The Bertz CT molecular complexity index is 376.